The Balaban J connectivity index is 1.20. The predicted octanol–water partition coefficient (Wildman–Crippen LogP) is 5.36. The number of aryl methyl sites for hydroxylation is 1. The second-order valence-corrected chi connectivity index (χ2v) is 10.8. The highest BCUT2D eigenvalue weighted by Crippen LogP contribution is 2.36. The van der Waals surface area contributed by atoms with Crippen LogP contribution in [0.15, 0.2) is 61.2 Å². The summed E-state index contributed by atoms with van der Waals surface area (Å²) in [6.45, 7) is 9.41. The second kappa shape index (κ2) is 10.0. The van der Waals surface area contributed by atoms with E-state index in [1.54, 1.807) is 10.7 Å². The fraction of sp³-hybridized carbons (Fsp3) is 0.355. The first-order valence-electron chi connectivity index (χ1n) is 13.5. The Kier molecular flexibility index (Phi) is 6.42. The fourth-order valence-electron chi connectivity index (χ4n) is 5.67. The van der Waals surface area contributed by atoms with Crippen LogP contribution in [0.1, 0.15) is 49.6 Å². The molecule has 2 atom stereocenters. The number of hydrogen-bond acceptors (Lipinski definition) is 6. The summed E-state index contributed by atoms with van der Waals surface area (Å²) in [5.74, 6) is 1.46. The molecule has 4 aromatic rings. The summed E-state index contributed by atoms with van der Waals surface area (Å²) in [5, 5.41) is 14.1. The van der Waals surface area contributed by atoms with Crippen molar-refractivity contribution in [2.24, 2.45) is 5.92 Å². The van der Waals surface area contributed by atoms with Crippen molar-refractivity contribution in [2.75, 3.05) is 18.0 Å². The lowest BCUT2D eigenvalue weighted by Crippen LogP contribution is -2.68. The van der Waals surface area contributed by atoms with Crippen LogP contribution >= 0.6 is 0 Å². The van der Waals surface area contributed by atoms with E-state index >= 15 is 0 Å². The summed E-state index contributed by atoms with van der Waals surface area (Å²) in [6, 6.07) is 14.1. The molecule has 2 unspecified atom stereocenters. The Morgan fingerprint density at radius 3 is 2.58 bits per heavy atom. The lowest BCUT2D eigenvalue weighted by Gasteiger charge is -2.56. The second-order valence-electron chi connectivity index (χ2n) is 10.8. The van der Waals surface area contributed by atoms with E-state index in [0.29, 0.717) is 23.6 Å². The SMILES string of the molecule is CCc1ccc(CN2C3CC2CN(c2ccc(-c4cc(/C=C/C(C)C)cn5ncc(C#N)c45)cn2)C3)cn1. The molecule has 7 heterocycles. The van der Waals surface area contributed by atoms with Crippen LogP contribution in [-0.4, -0.2) is 49.7 Å². The van der Waals surface area contributed by atoms with Gasteiger partial charge in [0, 0.05) is 67.1 Å². The minimum atomic E-state index is 0.451. The first kappa shape index (κ1) is 24.3. The largest absolute Gasteiger partial charge is 0.353 e. The fourth-order valence-corrected chi connectivity index (χ4v) is 5.67. The van der Waals surface area contributed by atoms with Crippen molar-refractivity contribution in [1.82, 2.24) is 24.5 Å². The van der Waals surface area contributed by atoms with Crippen LogP contribution in [0, 0.1) is 17.2 Å². The molecule has 7 heteroatoms. The Bertz CT molecular complexity index is 1500. The Hall–Kier alpha value is -4.02. The van der Waals surface area contributed by atoms with Crippen LogP contribution < -0.4 is 4.90 Å². The molecule has 0 N–H and O–H groups in total. The first-order valence-corrected chi connectivity index (χ1v) is 13.5. The summed E-state index contributed by atoms with van der Waals surface area (Å²) < 4.78 is 1.81. The normalized spacial score (nSPS) is 19.3. The number of allylic oxidation sites excluding steroid dienone is 1. The van der Waals surface area contributed by atoms with Crippen molar-refractivity contribution in [3.05, 3.63) is 83.6 Å². The van der Waals surface area contributed by atoms with Gasteiger partial charge in [0.15, 0.2) is 0 Å². The molecular weight excluding hydrogens is 470 g/mol. The summed E-state index contributed by atoms with van der Waals surface area (Å²) >= 11 is 0. The summed E-state index contributed by atoms with van der Waals surface area (Å²) in [4.78, 5) is 14.5. The maximum Gasteiger partial charge on any atom is 0.128 e. The van der Waals surface area contributed by atoms with Crippen molar-refractivity contribution < 1.29 is 0 Å². The summed E-state index contributed by atoms with van der Waals surface area (Å²) in [6.07, 6.45) is 14.1. The number of nitrogens with zero attached hydrogens (tertiary/aromatic N) is 7. The highest BCUT2D eigenvalue weighted by molar-refractivity contribution is 5.85. The van der Waals surface area contributed by atoms with Gasteiger partial charge in [-0.3, -0.25) is 9.88 Å². The predicted molar refractivity (Wildman–Crippen MR) is 151 cm³/mol. The maximum absolute atomic E-state index is 9.68. The minimum Gasteiger partial charge on any atom is -0.353 e. The van der Waals surface area contributed by atoms with Gasteiger partial charge in [-0.15, -0.1) is 0 Å². The first-order chi connectivity index (χ1) is 18.5. The van der Waals surface area contributed by atoms with Gasteiger partial charge in [-0.2, -0.15) is 10.4 Å². The van der Waals surface area contributed by atoms with Gasteiger partial charge in [-0.1, -0.05) is 39.0 Å². The van der Waals surface area contributed by atoms with Crippen molar-refractivity contribution >= 4 is 17.4 Å². The van der Waals surface area contributed by atoms with Crippen LogP contribution in [-0.2, 0) is 13.0 Å². The molecule has 2 bridgehead atoms. The van der Waals surface area contributed by atoms with E-state index in [-0.39, 0.29) is 0 Å². The number of hydrogen-bond donors (Lipinski definition) is 0. The van der Waals surface area contributed by atoms with Crippen molar-refractivity contribution in [1.29, 1.82) is 5.26 Å². The molecule has 3 aliphatic rings. The third kappa shape index (κ3) is 4.57. The number of nitriles is 1. The topological polar surface area (TPSA) is 73.3 Å². The molecule has 4 aromatic heterocycles. The molecule has 0 aliphatic carbocycles. The number of aromatic nitrogens is 4. The molecule has 0 radical (unpaired) electrons. The van der Waals surface area contributed by atoms with Crippen molar-refractivity contribution in [3.8, 4) is 17.2 Å². The summed E-state index contributed by atoms with van der Waals surface area (Å²) in [7, 11) is 0. The standard InChI is InChI=1S/C31H33N7/c1-4-26-9-7-23(14-33-26)17-37-27-12-28(37)20-36(19-27)30-10-8-24(15-34-30)29-11-22(6-5-21(2)3)18-38-31(29)25(13-32)16-35-38/h5-11,14-16,18,21,27-28H,4,12,17,19-20H2,1-3H3/b6-5+. The van der Waals surface area contributed by atoms with Crippen LogP contribution in [0.5, 0.6) is 0 Å². The Labute approximate surface area is 224 Å². The van der Waals surface area contributed by atoms with Crippen LogP contribution in [0.3, 0.4) is 0 Å². The van der Waals surface area contributed by atoms with E-state index in [1.165, 1.54) is 12.0 Å². The smallest absolute Gasteiger partial charge is 0.128 e. The van der Waals surface area contributed by atoms with E-state index in [9.17, 15) is 5.26 Å². The summed E-state index contributed by atoms with van der Waals surface area (Å²) in [5.41, 5.74) is 6.84. The number of pyridine rings is 3. The average Bonchev–Trinajstić information content (AvgIpc) is 3.38. The van der Waals surface area contributed by atoms with Crippen LogP contribution in [0.4, 0.5) is 5.82 Å². The molecule has 7 rings (SSSR count). The molecular formula is C31H33N7. The molecule has 0 spiro atoms. The monoisotopic (exact) mass is 503 g/mol. The molecule has 7 nitrogen and oxygen atoms in total. The molecule has 0 amide bonds. The third-order valence-corrected chi connectivity index (χ3v) is 7.77. The number of piperazine rings is 1. The van der Waals surface area contributed by atoms with Crippen molar-refractivity contribution in [3.63, 3.8) is 0 Å². The maximum atomic E-state index is 9.68. The van der Waals surface area contributed by atoms with Gasteiger partial charge in [0.2, 0.25) is 0 Å². The van der Waals surface area contributed by atoms with Gasteiger partial charge in [-0.05, 0) is 54.2 Å². The van der Waals surface area contributed by atoms with Gasteiger partial charge < -0.3 is 4.90 Å². The van der Waals surface area contributed by atoms with E-state index in [2.05, 4.69) is 89.2 Å². The number of anilines is 1. The molecule has 3 fully saturated rings. The quantitative estimate of drug-likeness (QED) is 0.338. The van der Waals surface area contributed by atoms with Gasteiger partial charge in [0.1, 0.15) is 11.9 Å². The number of fused-ring (bicyclic) bond motifs is 3. The molecule has 0 aromatic carbocycles. The van der Waals surface area contributed by atoms with E-state index in [0.717, 1.165) is 59.8 Å². The molecule has 38 heavy (non-hydrogen) atoms. The third-order valence-electron chi connectivity index (χ3n) is 7.77. The molecule has 3 saturated heterocycles. The number of piperidine rings is 1. The lowest BCUT2D eigenvalue weighted by molar-refractivity contribution is -0.00875. The molecule has 3 aliphatic heterocycles. The highest BCUT2D eigenvalue weighted by Gasteiger charge is 2.44. The minimum absolute atomic E-state index is 0.451. The lowest BCUT2D eigenvalue weighted by atomic mass is 9.87. The van der Waals surface area contributed by atoms with Crippen molar-refractivity contribution in [2.45, 2.75) is 52.2 Å². The average molecular weight is 504 g/mol. The highest BCUT2D eigenvalue weighted by atomic mass is 15.4. The van der Waals surface area contributed by atoms with Gasteiger partial charge >= 0.3 is 0 Å². The Morgan fingerprint density at radius 2 is 1.92 bits per heavy atom. The van der Waals surface area contributed by atoms with Crippen LogP contribution in [0.25, 0.3) is 22.7 Å². The Morgan fingerprint density at radius 1 is 1.08 bits per heavy atom. The van der Waals surface area contributed by atoms with Crippen LogP contribution in [0.2, 0.25) is 0 Å². The molecule has 0 saturated carbocycles. The van der Waals surface area contributed by atoms with E-state index in [4.69, 9.17) is 4.98 Å². The van der Waals surface area contributed by atoms with Gasteiger partial charge in [0.25, 0.3) is 0 Å². The number of rotatable bonds is 7. The zero-order valence-electron chi connectivity index (χ0n) is 22.2. The van der Waals surface area contributed by atoms with Gasteiger partial charge in [0.05, 0.1) is 17.3 Å². The zero-order chi connectivity index (χ0) is 26.2. The van der Waals surface area contributed by atoms with E-state index in [1.807, 2.05) is 18.6 Å². The molecule has 192 valence electrons. The van der Waals surface area contributed by atoms with E-state index < -0.39 is 0 Å². The zero-order valence-corrected chi connectivity index (χ0v) is 22.2. The van der Waals surface area contributed by atoms with Gasteiger partial charge in [-0.25, -0.2) is 9.50 Å².